The van der Waals surface area contributed by atoms with Crippen molar-refractivity contribution in [1.82, 2.24) is 0 Å². The Labute approximate surface area is 102 Å². The molecular weight excluding hydrogens is 210 g/mol. The van der Waals surface area contributed by atoms with Gasteiger partial charge in [0.2, 0.25) is 0 Å². The van der Waals surface area contributed by atoms with Crippen molar-refractivity contribution < 1.29 is 0 Å². The van der Waals surface area contributed by atoms with Crippen molar-refractivity contribution in [2.75, 3.05) is 12.1 Å². The Hall–Kier alpha value is -1.80. The molecule has 0 saturated carbocycles. The summed E-state index contributed by atoms with van der Waals surface area (Å²) in [6.45, 7) is 2.13. The maximum absolute atomic E-state index is 11.5. The molecule has 0 amide bonds. The lowest BCUT2D eigenvalue weighted by atomic mass is 10.0. The molecule has 0 spiro atoms. The zero-order valence-corrected chi connectivity index (χ0v) is 10.2. The summed E-state index contributed by atoms with van der Waals surface area (Å²) in [5, 5.41) is 12.4. The zero-order chi connectivity index (χ0) is 12.3. The first-order chi connectivity index (χ1) is 8.22. The smallest absolute Gasteiger partial charge is 0.0336 e. The summed E-state index contributed by atoms with van der Waals surface area (Å²) in [6, 6.07) is 16.0. The fourth-order valence-electron chi connectivity index (χ4n) is 1.91. The molecule has 2 rings (SSSR count). The Bertz CT molecular complexity index is 489. The van der Waals surface area contributed by atoms with Crippen LogP contribution in [0.25, 0.3) is 11.1 Å². The number of aryl methyl sites for hydroxylation is 1. The molecule has 0 fully saturated rings. The van der Waals surface area contributed by atoms with Crippen molar-refractivity contribution >= 4 is 5.69 Å². The molecule has 0 bridgehead atoms. The van der Waals surface area contributed by atoms with Gasteiger partial charge in [-0.2, -0.15) is 0 Å². The highest BCUT2D eigenvalue weighted by molar-refractivity contribution is 5.78. The van der Waals surface area contributed by atoms with E-state index in [9.17, 15) is 5.21 Å². The molecule has 0 N–H and O–H groups in total. The molecule has 0 unspecified atom stereocenters. The van der Waals surface area contributed by atoms with Crippen molar-refractivity contribution in [2.45, 2.75) is 13.3 Å². The fourth-order valence-corrected chi connectivity index (χ4v) is 1.91. The number of hydroxylamine groups is 1. The Morgan fingerprint density at radius 1 is 1.00 bits per heavy atom. The van der Waals surface area contributed by atoms with Gasteiger partial charge < -0.3 is 10.3 Å². The SMILES string of the molecule is CCc1ccc(-c2ccccc2N(C)[O-])cc1. The van der Waals surface area contributed by atoms with Crippen molar-refractivity contribution in [3.05, 3.63) is 59.3 Å². The molecule has 2 aromatic carbocycles. The van der Waals surface area contributed by atoms with Crippen molar-refractivity contribution in [3.63, 3.8) is 0 Å². The van der Waals surface area contributed by atoms with Gasteiger partial charge in [0.25, 0.3) is 0 Å². The predicted molar refractivity (Wildman–Crippen MR) is 73.0 cm³/mol. The first kappa shape index (κ1) is 11.7. The maximum atomic E-state index is 11.5. The van der Waals surface area contributed by atoms with E-state index in [1.54, 1.807) is 0 Å². The monoisotopic (exact) mass is 226 g/mol. The van der Waals surface area contributed by atoms with Crippen LogP contribution in [0.4, 0.5) is 5.69 Å². The Morgan fingerprint density at radius 2 is 1.65 bits per heavy atom. The van der Waals surface area contributed by atoms with Crippen molar-refractivity contribution in [2.24, 2.45) is 0 Å². The number of benzene rings is 2. The van der Waals surface area contributed by atoms with E-state index in [1.165, 1.54) is 12.6 Å². The highest BCUT2D eigenvalue weighted by Gasteiger charge is 2.03. The van der Waals surface area contributed by atoms with E-state index in [4.69, 9.17) is 0 Å². The summed E-state index contributed by atoms with van der Waals surface area (Å²) in [4.78, 5) is 0. The van der Waals surface area contributed by atoms with E-state index < -0.39 is 0 Å². The summed E-state index contributed by atoms with van der Waals surface area (Å²) in [7, 11) is 1.53. The lowest BCUT2D eigenvalue weighted by Crippen LogP contribution is -2.07. The molecule has 0 atom stereocenters. The molecule has 2 nitrogen and oxygen atoms in total. The minimum Gasteiger partial charge on any atom is -0.758 e. The second-order valence-corrected chi connectivity index (χ2v) is 4.07. The lowest BCUT2D eigenvalue weighted by Gasteiger charge is -2.27. The number of hydrogen-bond acceptors (Lipinski definition) is 2. The van der Waals surface area contributed by atoms with Gasteiger partial charge in [-0.15, -0.1) is 0 Å². The zero-order valence-electron chi connectivity index (χ0n) is 10.2. The quantitative estimate of drug-likeness (QED) is 0.743. The minimum absolute atomic E-state index is 0.705. The molecular formula is C15H16NO-. The van der Waals surface area contributed by atoms with Gasteiger partial charge in [0.05, 0.1) is 0 Å². The number of hydrogen-bond donors (Lipinski definition) is 0. The van der Waals surface area contributed by atoms with Crippen LogP contribution in [0.5, 0.6) is 0 Å². The largest absolute Gasteiger partial charge is 0.758 e. The van der Waals surface area contributed by atoms with Gasteiger partial charge in [-0.3, -0.25) is 0 Å². The summed E-state index contributed by atoms with van der Waals surface area (Å²) in [5.41, 5.74) is 4.08. The van der Waals surface area contributed by atoms with Crippen molar-refractivity contribution in [3.8, 4) is 11.1 Å². The van der Waals surface area contributed by atoms with E-state index in [0.717, 1.165) is 22.6 Å². The summed E-state index contributed by atoms with van der Waals surface area (Å²) >= 11 is 0. The molecule has 0 aliphatic rings. The molecule has 0 radical (unpaired) electrons. The van der Waals surface area contributed by atoms with E-state index in [2.05, 4.69) is 31.2 Å². The van der Waals surface area contributed by atoms with Gasteiger partial charge in [-0.05, 0) is 30.7 Å². The van der Waals surface area contributed by atoms with Crippen LogP contribution in [0.2, 0.25) is 0 Å². The van der Waals surface area contributed by atoms with E-state index in [1.807, 2.05) is 24.3 Å². The molecule has 0 saturated heterocycles. The molecule has 2 aromatic rings. The minimum atomic E-state index is 0.705. The number of nitrogens with zero attached hydrogens (tertiary/aromatic N) is 1. The van der Waals surface area contributed by atoms with E-state index in [0.29, 0.717) is 5.69 Å². The molecule has 0 aliphatic carbocycles. The molecule has 0 aromatic heterocycles. The average molecular weight is 226 g/mol. The fraction of sp³-hybridized carbons (Fsp3) is 0.200. The summed E-state index contributed by atoms with van der Waals surface area (Å²) in [5.74, 6) is 0. The third kappa shape index (κ3) is 2.48. The Kier molecular flexibility index (Phi) is 3.45. The Balaban J connectivity index is 2.45. The van der Waals surface area contributed by atoms with Crippen LogP contribution in [0.3, 0.4) is 0 Å². The van der Waals surface area contributed by atoms with Crippen LogP contribution < -0.4 is 5.06 Å². The van der Waals surface area contributed by atoms with E-state index in [-0.39, 0.29) is 0 Å². The summed E-state index contributed by atoms with van der Waals surface area (Å²) < 4.78 is 0. The van der Waals surface area contributed by atoms with Gasteiger partial charge in [0.15, 0.2) is 0 Å². The first-order valence-electron chi connectivity index (χ1n) is 5.81. The molecule has 0 heterocycles. The average Bonchev–Trinajstić information content (AvgIpc) is 2.39. The second kappa shape index (κ2) is 5.02. The highest BCUT2D eigenvalue weighted by atomic mass is 16.5. The van der Waals surface area contributed by atoms with Gasteiger partial charge in [-0.1, -0.05) is 49.4 Å². The first-order valence-corrected chi connectivity index (χ1v) is 5.81. The molecule has 17 heavy (non-hydrogen) atoms. The topological polar surface area (TPSA) is 26.3 Å². The van der Waals surface area contributed by atoms with Gasteiger partial charge in [0.1, 0.15) is 0 Å². The van der Waals surface area contributed by atoms with Crippen LogP contribution in [-0.2, 0) is 6.42 Å². The van der Waals surface area contributed by atoms with Crippen LogP contribution in [0.15, 0.2) is 48.5 Å². The van der Waals surface area contributed by atoms with Crippen molar-refractivity contribution in [1.29, 1.82) is 0 Å². The van der Waals surface area contributed by atoms with Crippen LogP contribution in [0.1, 0.15) is 12.5 Å². The summed E-state index contributed by atoms with van der Waals surface area (Å²) in [6.07, 6.45) is 1.03. The molecule has 2 heteroatoms. The van der Waals surface area contributed by atoms with Crippen LogP contribution >= 0.6 is 0 Å². The maximum Gasteiger partial charge on any atom is 0.0336 e. The van der Waals surface area contributed by atoms with Gasteiger partial charge in [0, 0.05) is 11.3 Å². The number of rotatable bonds is 3. The van der Waals surface area contributed by atoms with Gasteiger partial charge in [-0.25, -0.2) is 0 Å². The number of para-hydroxylation sites is 1. The third-order valence-electron chi connectivity index (χ3n) is 2.92. The number of anilines is 1. The predicted octanol–water partition coefficient (Wildman–Crippen LogP) is 3.85. The normalized spacial score (nSPS) is 10.3. The van der Waals surface area contributed by atoms with Gasteiger partial charge >= 0.3 is 0 Å². The lowest BCUT2D eigenvalue weighted by molar-refractivity contribution is 1.14. The second-order valence-electron chi connectivity index (χ2n) is 4.07. The third-order valence-corrected chi connectivity index (χ3v) is 2.92. The molecule has 0 aliphatic heterocycles. The molecule has 88 valence electrons. The highest BCUT2D eigenvalue weighted by Crippen LogP contribution is 2.29. The standard InChI is InChI=1S/C15H16NO/c1-3-12-8-10-13(11-9-12)14-6-4-5-7-15(14)16(2)17/h4-11H,3H2,1-2H3/q-1. The van der Waals surface area contributed by atoms with Crippen LogP contribution in [0, 0.1) is 5.21 Å². The Morgan fingerprint density at radius 3 is 2.24 bits per heavy atom. The van der Waals surface area contributed by atoms with E-state index >= 15 is 0 Å². The van der Waals surface area contributed by atoms with Crippen LogP contribution in [-0.4, -0.2) is 7.05 Å².